The maximum Gasteiger partial charge on any atom is 0.185 e. The maximum atomic E-state index is 4.58. The molecule has 1 heterocycles. The number of rotatable bonds is 5. The summed E-state index contributed by atoms with van der Waals surface area (Å²) in [5.41, 5.74) is 1.15. The number of nitrogens with one attached hydrogen (secondary N) is 1. The Labute approximate surface area is 90.2 Å². The van der Waals surface area contributed by atoms with Crippen LogP contribution in [0.1, 0.15) is 32.5 Å². The van der Waals surface area contributed by atoms with Crippen LogP contribution in [0.15, 0.2) is 5.38 Å². The summed E-state index contributed by atoms with van der Waals surface area (Å²) in [4.78, 5) is 6.74. The van der Waals surface area contributed by atoms with Crippen LogP contribution in [0.3, 0.4) is 0 Å². The van der Waals surface area contributed by atoms with Gasteiger partial charge in [0.15, 0.2) is 5.13 Å². The molecule has 0 saturated carbocycles. The van der Waals surface area contributed by atoms with Crippen LogP contribution >= 0.6 is 11.3 Å². The fraction of sp³-hybridized carbons (Fsp3) is 0.700. The minimum Gasteiger partial charge on any atom is -0.351 e. The summed E-state index contributed by atoms with van der Waals surface area (Å²) in [5.74, 6) is 0. The van der Waals surface area contributed by atoms with Crippen LogP contribution in [0.2, 0.25) is 0 Å². The third kappa shape index (κ3) is 2.69. The second-order valence-corrected chi connectivity index (χ2v) is 4.19. The Morgan fingerprint density at radius 3 is 2.86 bits per heavy atom. The van der Waals surface area contributed by atoms with Crippen molar-refractivity contribution in [3.8, 4) is 0 Å². The van der Waals surface area contributed by atoms with Gasteiger partial charge in [0.1, 0.15) is 0 Å². The molecule has 0 spiro atoms. The van der Waals surface area contributed by atoms with Crippen LogP contribution in [0.4, 0.5) is 5.13 Å². The van der Waals surface area contributed by atoms with E-state index < -0.39 is 0 Å². The third-order valence-electron chi connectivity index (χ3n) is 2.26. The average Bonchev–Trinajstić information content (AvgIpc) is 2.66. The summed E-state index contributed by atoms with van der Waals surface area (Å²) >= 11 is 1.71. The first kappa shape index (κ1) is 11.5. The zero-order valence-electron chi connectivity index (χ0n) is 9.37. The van der Waals surface area contributed by atoms with Crippen molar-refractivity contribution in [2.45, 2.75) is 26.8 Å². The van der Waals surface area contributed by atoms with Gasteiger partial charge in [-0.15, -0.1) is 11.3 Å². The quantitative estimate of drug-likeness (QED) is 0.813. The first-order valence-electron chi connectivity index (χ1n) is 5.09. The number of anilines is 1. The first-order chi connectivity index (χ1) is 6.69. The van der Waals surface area contributed by atoms with Gasteiger partial charge in [0.25, 0.3) is 0 Å². The minimum absolute atomic E-state index is 0.357. The van der Waals surface area contributed by atoms with E-state index in [2.05, 4.69) is 48.4 Å². The summed E-state index contributed by atoms with van der Waals surface area (Å²) in [6.07, 6.45) is 0. The Hall–Kier alpha value is -0.610. The van der Waals surface area contributed by atoms with E-state index in [0.29, 0.717) is 6.04 Å². The summed E-state index contributed by atoms with van der Waals surface area (Å²) in [7, 11) is 2.07. The Morgan fingerprint density at radius 2 is 2.29 bits per heavy atom. The van der Waals surface area contributed by atoms with Gasteiger partial charge in [-0.2, -0.15) is 0 Å². The minimum atomic E-state index is 0.357. The molecule has 1 atom stereocenters. The van der Waals surface area contributed by atoms with Crippen molar-refractivity contribution in [2.24, 2.45) is 0 Å². The summed E-state index contributed by atoms with van der Waals surface area (Å²) in [5, 5.41) is 6.60. The molecule has 0 bridgehead atoms. The number of aromatic nitrogens is 1. The van der Waals surface area contributed by atoms with Gasteiger partial charge in [-0.3, -0.25) is 0 Å². The zero-order chi connectivity index (χ0) is 10.6. The predicted molar refractivity (Wildman–Crippen MR) is 63.1 cm³/mol. The van der Waals surface area contributed by atoms with Crippen molar-refractivity contribution in [2.75, 3.05) is 25.0 Å². The molecule has 0 aromatic carbocycles. The molecule has 80 valence electrons. The summed E-state index contributed by atoms with van der Waals surface area (Å²) in [6, 6.07) is 0.357. The van der Waals surface area contributed by atoms with Crippen molar-refractivity contribution in [3.63, 3.8) is 0 Å². The number of hydrogen-bond donors (Lipinski definition) is 1. The zero-order valence-corrected chi connectivity index (χ0v) is 10.2. The Kier molecular flexibility index (Phi) is 4.35. The molecule has 1 unspecified atom stereocenters. The van der Waals surface area contributed by atoms with Crippen LogP contribution in [-0.2, 0) is 0 Å². The van der Waals surface area contributed by atoms with Crippen molar-refractivity contribution in [1.82, 2.24) is 10.3 Å². The molecule has 3 nitrogen and oxygen atoms in total. The maximum absolute atomic E-state index is 4.58. The van der Waals surface area contributed by atoms with E-state index >= 15 is 0 Å². The highest BCUT2D eigenvalue weighted by molar-refractivity contribution is 7.13. The molecule has 1 aromatic heterocycles. The molecule has 0 aliphatic carbocycles. The Balaban J connectivity index is 2.67. The van der Waals surface area contributed by atoms with E-state index in [4.69, 9.17) is 0 Å². The molecule has 0 fully saturated rings. The van der Waals surface area contributed by atoms with Crippen molar-refractivity contribution in [1.29, 1.82) is 0 Å². The lowest BCUT2D eigenvalue weighted by Crippen LogP contribution is -2.19. The monoisotopic (exact) mass is 213 g/mol. The highest BCUT2D eigenvalue weighted by atomic mass is 32.1. The van der Waals surface area contributed by atoms with Gasteiger partial charge in [0.2, 0.25) is 0 Å². The largest absolute Gasteiger partial charge is 0.351 e. The standard InChI is InChI=1S/C10H19N3S/c1-5-11-8(3)9-7-14-10(12-9)13(4)6-2/h7-8,11H,5-6H2,1-4H3. The van der Waals surface area contributed by atoms with Gasteiger partial charge in [-0.1, -0.05) is 6.92 Å². The van der Waals surface area contributed by atoms with E-state index in [1.54, 1.807) is 11.3 Å². The Morgan fingerprint density at radius 1 is 1.57 bits per heavy atom. The number of hydrogen-bond acceptors (Lipinski definition) is 4. The number of nitrogens with zero attached hydrogens (tertiary/aromatic N) is 2. The topological polar surface area (TPSA) is 28.2 Å². The van der Waals surface area contributed by atoms with Crippen molar-refractivity contribution in [3.05, 3.63) is 11.1 Å². The average molecular weight is 213 g/mol. The lowest BCUT2D eigenvalue weighted by atomic mass is 10.3. The first-order valence-corrected chi connectivity index (χ1v) is 5.96. The predicted octanol–water partition coefficient (Wildman–Crippen LogP) is 2.27. The summed E-state index contributed by atoms with van der Waals surface area (Å²) < 4.78 is 0. The number of thiazole rings is 1. The molecular formula is C10H19N3S. The van der Waals surface area contributed by atoms with E-state index in [-0.39, 0.29) is 0 Å². The lowest BCUT2D eigenvalue weighted by Gasteiger charge is -2.12. The van der Waals surface area contributed by atoms with Gasteiger partial charge in [0.05, 0.1) is 5.69 Å². The highest BCUT2D eigenvalue weighted by Crippen LogP contribution is 2.22. The molecule has 1 rings (SSSR count). The molecule has 0 aliphatic rings. The molecule has 1 N–H and O–H groups in total. The van der Waals surface area contributed by atoms with Gasteiger partial charge >= 0.3 is 0 Å². The van der Waals surface area contributed by atoms with Crippen LogP contribution in [0, 0.1) is 0 Å². The molecule has 1 aromatic rings. The van der Waals surface area contributed by atoms with Gasteiger partial charge < -0.3 is 10.2 Å². The molecule has 0 amide bonds. The lowest BCUT2D eigenvalue weighted by molar-refractivity contribution is 0.586. The van der Waals surface area contributed by atoms with Crippen molar-refractivity contribution < 1.29 is 0 Å². The molecule has 14 heavy (non-hydrogen) atoms. The van der Waals surface area contributed by atoms with Crippen LogP contribution in [0.5, 0.6) is 0 Å². The fourth-order valence-corrected chi connectivity index (χ4v) is 2.15. The smallest absolute Gasteiger partial charge is 0.185 e. The van der Waals surface area contributed by atoms with Crippen molar-refractivity contribution >= 4 is 16.5 Å². The molecule has 4 heteroatoms. The molecular weight excluding hydrogens is 194 g/mol. The van der Waals surface area contributed by atoms with E-state index in [0.717, 1.165) is 23.9 Å². The van der Waals surface area contributed by atoms with E-state index in [1.807, 2.05) is 0 Å². The Bertz CT molecular complexity index is 272. The van der Waals surface area contributed by atoms with Crippen LogP contribution < -0.4 is 10.2 Å². The van der Waals surface area contributed by atoms with Gasteiger partial charge in [0, 0.05) is 25.0 Å². The highest BCUT2D eigenvalue weighted by Gasteiger charge is 2.10. The van der Waals surface area contributed by atoms with E-state index in [9.17, 15) is 0 Å². The van der Waals surface area contributed by atoms with Gasteiger partial charge in [-0.05, 0) is 20.4 Å². The summed E-state index contributed by atoms with van der Waals surface area (Å²) in [6.45, 7) is 8.38. The molecule has 0 saturated heterocycles. The second-order valence-electron chi connectivity index (χ2n) is 3.35. The van der Waals surface area contributed by atoms with Gasteiger partial charge in [-0.25, -0.2) is 4.98 Å². The van der Waals surface area contributed by atoms with Crippen LogP contribution in [0.25, 0.3) is 0 Å². The SMILES string of the molecule is CCNC(C)c1csc(N(C)CC)n1. The normalized spacial score (nSPS) is 12.9. The van der Waals surface area contributed by atoms with E-state index in [1.165, 1.54) is 0 Å². The second kappa shape index (κ2) is 5.32. The van der Waals surface area contributed by atoms with Crippen LogP contribution in [-0.4, -0.2) is 25.1 Å². The molecule has 0 radical (unpaired) electrons. The fourth-order valence-electron chi connectivity index (χ4n) is 1.20. The third-order valence-corrected chi connectivity index (χ3v) is 3.24. The molecule has 0 aliphatic heterocycles.